The molecule has 3 aliphatic rings. The number of hydrogen-bond donors (Lipinski definition) is 2. The van der Waals surface area contributed by atoms with Gasteiger partial charge in [0.1, 0.15) is 5.54 Å². The van der Waals surface area contributed by atoms with E-state index < -0.39 is 11.6 Å². The molecule has 29 heavy (non-hydrogen) atoms. The van der Waals surface area contributed by atoms with Crippen LogP contribution < -0.4 is 11.1 Å². The fourth-order valence-corrected chi connectivity index (χ4v) is 5.63. The number of benzene rings is 1. The zero-order chi connectivity index (χ0) is 20.3. The van der Waals surface area contributed by atoms with E-state index in [1.165, 1.54) is 43.2 Å². The molecule has 1 aromatic carbocycles. The number of rotatable bonds is 6. The minimum absolute atomic E-state index is 0.146. The fourth-order valence-electron chi connectivity index (χ4n) is 5.63. The molecule has 2 fully saturated rings. The molecule has 2 aliphatic carbocycles. The number of nitrogens with zero attached hydrogens (tertiary/aromatic N) is 2. The molecule has 1 aromatic rings. The average Bonchev–Trinajstić information content (AvgIpc) is 3.32. The number of carbonyl (C=O) groups is 1. The summed E-state index contributed by atoms with van der Waals surface area (Å²) in [6, 6.07) is 10.6. The number of fused-ring (bicyclic) bond motifs is 1. The standard InChI is InChI=1S/C24H34N4O/c25-16-24(27-23(29)22(26)14-18-6-2-1-3-7-18)10-11-28(17-24)15-19-12-20-8-4-5-9-21(20)13-19/h4-5,8-9,18-19,22H,1-3,6-7,10-15,17,26H2,(H,27,29). The molecule has 0 aromatic heterocycles. The van der Waals surface area contributed by atoms with Crippen LogP contribution in [-0.4, -0.2) is 42.0 Å². The summed E-state index contributed by atoms with van der Waals surface area (Å²) in [6.07, 6.45) is 9.83. The molecule has 1 saturated heterocycles. The molecule has 5 nitrogen and oxygen atoms in total. The molecule has 1 aliphatic heterocycles. The molecule has 0 bridgehead atoms. The lowest BCUT2D eigenvalue weighted by atomic mass is 9.84. The molecule has 156 valence electrons. The third kappa shape index (κ3) is 4.82. The van der Waals surface area contributed by atoms with Gasteiger partial charge in [0, 0.05) is 19.6 Å². The van der Waals surface area contributed by atoms with Gasteiger partial charge >= 0.3 is 0 Å². The Labute approximate surface area is 174 Å². The third-order valence-corrected chi connectivity index (χ3v) is 7.23. The molecular weight excluding hydrogens is 360 g/mol. The van der Waals surface area contributed by atoms with Crippen molar-refractivity contribution in [3.05, 3.63) is 35.4 Å². The Morgan fingerprint density at radius 2 is 1.90 bits per heavy atom. The van der Waals surface area contributed by atoms with E-state index in [1.54, 1.807) is 0 Å². The van der Waals surface area contributed by atoms with Crippen LogP contribution in [-0.2, 0) is 17.6 Å². The zero-order valence-corrected chi connectivity index (χ0v) is 17.4. The van der Waals surface area contributed by atoms with Gasteiger partial charge < -0.3 is 11.1 Å². The summed E-state index contributed by atoms with van der Waals surface area (Å²) < 4.78 is 0. The van der Waals surface area contributed by atoms with Crippen molar-refractivity contribution in [2.45, 2.75) is 69.4 Å². The number of carbonyl (C=O) groups excluding carboxylic acids is 1. The highest BCUT2D eigenvalue weighted by molar-refractivity contribution is 5.82. The second-order valence-electron chi connectivity index (χ2n) is 9.56. The lowest BCUT2D eigenvalue weighted by Gasteiger charge is -2.28. The zero-order valence-electron chi connectivity index (χ0n) is 17.4. The van der Waals surface area contributed by atoms with Gasteiger partial charge in [0.15, 0.2) is 0 Å². The van der Waals surface area contributed by atoms with E-state index >= 15 is 0 Å². The van der Waals surface area contributed by atoms with Crippen LogP contribution in [0.3, 0.4) is 0 Å². The Bertz CT molecular complexity index is 741. The number of hydrogen-bond acceptors (Lipinski definition) is 4. The highest BCUT2D eigenvalue weighted by atomic mass is 16.2. The summed E-state index contributed by atoms with van der Waals surface area (Å²) >= 11 is 0. The number of amides is 1. The molecule has 5 heteroatoms. The normalized spacial score (nSPS) is 26.8. The van der Waals surface area contributed by atoms with Crippen molar-refractivity contribution >= 4 is 5.91 Å². The van der Waals surface area contributed by atoms with Gasteiger partial charge in [-0.2, -0.15) is 5.26 Å². The third-order valence-electron chi connectivity index (χ3n) is 7.23. The van der Waals surface area contributed by atoms with Crippen LogP contribution in [0.2, 0.25) is 0 Å². The maximum atomic E-state index is 12.7. The van der Waals surface area contributed by atoms with Gasteiger partial charge in [-0.3, -0.25) is 9.69 Å². The summed E-state index contributed by atoms with van der Waals surface area (Å²) in [7, 11) is 0. The Balaban J connectivity index is 1.28. The first-order valence-corrected chi connectivity index (χ1v) is 11.3. The minimum Gasteiger partial charge on any atom is -0.335 e. The molecule has 2 atom stereocenters. The van der Waals surface area contributed by atoms with Crippen molar-refractivity contribution < 1.29 is 4.79 Å². The fraction of sp³-hybridized carbons (Fsp3) is 0.667. The van der Waals surface area contributed by atoms with Crippen molar-refractivity contribution in [1.29, 1.82) is 5.26 Å². The van der Waals surface area contributed by atoms with E-state index in [2.05, 4.69) is 40.6 Å². The summed E-state index contributed by atoms with van der Waals surface area (Å²) in [5.41, 5.74) is 8.36. The molecule has 1 amide bonds. The lowest BCUT2D eigenvalue weighted by Crippen LogP contribution is -2.54. The molecule has 0 radical (unpaired) electrons. The molecule has 0 spiro atoms. The topological polar surface area (TPSA) is 82.1 Å². The van der Waals surface area contributed by atoms with Gasteiger partial charge in [-0.25, -0.2) is 0 Å². The molecular formula is C24H34N4O. The molecule has 3 N–H and O–H groups in total. The summed E-state index contributed by atoms with van der Waals surface area (Å²) in [5.74, 6) is 1.02. The van der Waals surface area contributed by atoms with Gasteiger partial charge in [0.25, 0.3) is 0 Å². The van der Waals surface area contributed by atoms with Gasteiger partial charge in [0.05, 0.1) is 12.1 Å². The van der Waals surface area contributed by atoms with Crippen LogP contribution >= 0.6 is 0 Å². The SMILES string of the molecule is N#CC1(NC(=O)C(N)CC2CCCCC2)CCN(CC2Cc3ccccc3C2)C1. The summed E-state index contributed by atoms with van der Waals surface area (Å²) in [5, 5.41) is 12.9. The Morgan fingerprint density at radius 3 is 2.55 bits per heavy atom. The van der Waals surface area contributed by atoms with Crippen LogP contribution in [0.4, 0.5) is 0 Å². The molecule has 2 unspecified atom stereocenters. The van der Waals surface area contributed by atoms with Crippen LogP contribution in [0.15, 0.2) is 24.3 Å². The van der Waals surface area contributed by atoms with Crippen molar-refractivity contribution in [1.82, 2.24) is 10.2 Å². The van der Waals surface area contributed by atoms with E-state index in [-0.39, 0.29) is 5.91 Å². The largest absolute Gasteiger partial charge is 0.335 e. The lowest BCUT2D eigenvalue weighted by molar-refractivity contribution is -0.124. The predicted molar refractivity (Wildman–Crippen MR) is 114 cm³/mol. The highest BCUT2D eigenvalue weighted by Crippen LogP contribution is 2.30. The van der Waals surface area contributed by atoms with E-state index in [9.17, 15) is 10.1 Å². The van der Waals surface area contributed by atoms with E-state index in [1.807, 2.05) is 0 Å². The van der Waals surface area contributed by atoms with E-state index in [4.69, 9.17) is 5.73 Å². The first kappa shape index (κ1) is 20.4. The van der Waals surface area contributed by atoms with Gasteiger partial charge in [0.2, 0.25) is 5.91 Å². The Kier molecular flexibility index (Phi) is 6.22. The van der Waals surface area contributed by atoms with Gasteiger partial charge in [-0.05, 0) is 48.6 Å². The Morgan fingerprint density at radius 1 is 1.21 bits per heavy atom. The van der Waals surface area contributed by atoms with Crippen molar-refractivity contribution in [2.24, 2.45) is 17.6 Å². The first-order chi connectivity index (χ1) is 14.1. The second kappa shape index (κ2) is 8.85. The average molecular weight is 395 g/mol. The minimum atomic E-state index is -0.785. The maximum absolute atomic E-state index is 12.7. The van der Waals surface area contributed by atoms with Crippen LogP contribution in [0.1, 0.15) is 56.1 Å². The quantitative estimate of drug-likeness (QED) is 0.777. The van der Waals surface area contributed by atoms with Crippen LogP contribution in [0.5, 0.6) is 0 Å². The van der Waals surface area contributed by atoms with E-state index in [0.717, 1.165) is 32.4 Å². The number of nitrogens with one attached hydrogen (secondary N) is 1. The Hall–Kier alpha value is -1.90. The summed E-state index contributed by atoms with van der Waals surface area (Å²) in [6.45, 7) is 2.46. The van der Waals surface area contributed by atoms with Crippen LogP contribution in [0.25, 0.3) is 0 Å². The number of nitrogens with two attached hydrogens (primary N) is 1. The highest BCUT2D eigenvalue weighted by Gasteiger charge is 2.41. The maximum Gasteiger partial charge on any atom is 0.238 e. The monoisotopic (exact) mass is 394 g/mol. The molecule has 1 heterocycles. The predicted octanol–water partition coefficient (Wildman–Crippen LogP) is 2.78. The smallest absolute Gasteiger partial charge is 0.238 e. The van der Waals surface area contributed by atoms with Crippen molar-refractivity contribution in [3.63, 3.8) is 0 Å². The number of likely N-dealkylation sites (tertiary alicyclic amines) is 1. The first-order valence-electron chi connectivity index (χ1n) is 11.3. The molecule has 4 rings (SSSR count). The van der Waals surface area contributed by atoms with Crippen molar-refractivity contribution in [3.8, 4) is 6.07 Å². The van der Waals surface area contributed by atoms with Gasteiger partial charge in [-0.1, -0.05) is 56.4 Å². The van der Waals surface area contributed by atoms with Crippen LogP contribution in [0, 0.1) is 23.2 Å². The van der Waals surface area contributed by atoms with E-state index in [0.29, 0.717) is 24.8 Å². The number of nitriles is 1. The van der Waals surface area contributed by atoms with Crippen molar-refractivity contribution in [2.75, 3.05) is 19.6 Å². The molecule has 1 saturated carbocycles. The second-order valence-corrected chi connectivity index (χ2v) is 9.56. The van der Waals surface area contributed by atoms with Gasteiger partial charge in [-0.15, -0.1) is 0 Å². The summed E-state index contributed by atoms with van der Waals surface area (Å²) in [4.78, 5) is 15.1.